The van der Waals surface area contributed by atoms with Crippen LogP contribution in [0.3, 0.4) is 0 Å². The maximum atomic E-state index is 8.86. The predicted molar refractivity (Wildman–Crippen MR) is 94.2 cm³/mol. The summed E-state index contributed by atoms with van der Waals surface area (Å²) < 4.78 is 5.52. The van der Waals surface area contributed by atoms with E-state index in [0.29, 0.717) is 17.7 Å². The molecule has 2 atom stereocenters. The third kappa shape index (κ3) is 4.05. The molecular formula is C20H25N3O. The molecule has 2 aromatic rings. The number of rotatable bonds is 5. The van der Waals surface area contributed by atoms with Crippen LogP contribution in [0.25, 0.3) is 0 Å². The first kappa shape index (κ1) is 16.8. The van der Waals surface area contributed by atoms with Gasteiger partial charge in [-0.2, -0.15) is 5.26 Å². The van der Waals surface area contributed by atoms with Crippen molar-refractivity contribution >= 4 is 0 Å². The Hall–Kier alpha value is -2.09. The summed E-state index contributed by atoms with van der Waals surface area (Å²) >= 11 is 0. The zero-order chi connectivity index (χ0) is 16.9. The van der Waals surface area contributed by atoms with Gasteiger partial charge in [-0.1, -0.05) is 37.3 Å². The van der Waals surface area contributed by atoms with Crippen LogP contribution in [0.5, 0.6) is 0 Å². The summed E-state index contributed by atoms with van der Waals surface area (Å²) in [5.41, 5.74) is 1.39. The number of hydrogen-bond donors (Lipinski definition) is 0. The molecule has 1 aromatic heterocycles. The highest BCUT2D eigenvalue weighted by atomic mass is 16.3. The van der Waals surface area contributed by atoms with Crippen LogP contribution >= 0.6 is 0 Å². The molecule has 0 unspecified atom stereocenters. The van der Waals surface area contributed by atoms with E-state index in [2.05, 4.69) is 54.1 Å². The van der Waals surface area contributed by atoms with Crippen LogP contribution in [0.1, 0.15) is 30.4 Å². The van der Waals surface area contributed by atoms with Gasteiger partial charge in [0.05, 0.1) is 6.54 Å². The van der Waals surface area contributed by atoms with Gasteiger partial charge in [-0.15, -0.1) is 0 Å². The number of furan rings is 1. The Balaban J connectivity index is 1.54. The maximum Gasteiger partial charge on any atom is 0.203 e. The summed E-state index contributed by atoms with van der Waals surface area (Å²) in [4.78, 5) is 4.91. The van der Waals surface area contributed by atoms with Gasteiger partial charge >= 0.3 is 0 Å². The van der Waals surface area contributed by atoms with Crippen molar-refractivity contribution in [1.29, 1.82) is 5.26 Å². The maximum absolute atomic E-state index is 8.86. The summed E-state index contributed by atoms with van der Waals surface area (Å²) in [6.45, 7) is 6.36. The number of hydrogen-bond acceptors (Lipinski definition) is 4. The highest BCUT2D eigenvalue weighted by Gasteiger charge is 2.29. The average molecular weight is 323 g/mol. The minimum Gasteiger partial charge on any atom is -0.449 e. The molecule has 0 aliphatic carbocycles. The van der Waals surface area contributed by atoms with Crippen molar-refractivity contribution in [2.45, 2.75) is 32.5 Å². The minimum absolute atomic E-state index is 0.393. The summed E-state index contributed by atoms with van der Waals surface area (Å²) in [7, 11) is 2.16. The summed E-state index contributed by atoms with van der Waals surface area (Å²) in [6, 6.07) is 16.9. The second-order valence-electron chi connectivity index (χ2n) is 6.85. The molecule has 126 valence electrons. The fourth-order valence-electron chi connectivity index (χ4n) is 3.75. The molecule has 0 amide bonds. The van der Waals surface area contributed by atoms with E-state index in [0.717, 1.165) is 38.4 Å². The molecule has 1 aromatic carbocycles. The smallest absolute Gasteiger partial charge is 0.203 e. The summed E-state index contributed by atoms with van der Waals surface area (Å²) in [5.74, 6) is 1.87. The Kier molecular flexibility index (Phi) is 5.34. The van der Waals surface area contributed by atoms with Crippen molar-refractivity contribution in [3.8, 4) is 6.07 Å². The standard InChI is InChI=1S/C20H25N3O/c1-16-13-23(14-17-6-4-3-5-7-17)11-10-20(16)22(2)15-19-9-8-18(12-21)24-19/h3-9,16,20H,10-11,13-15H2,1-2H3/t16-,20+/m1/s1. The van der Waals surface area contributed by atoms with Gasteiger partial charge in [0.2, 0.25) is 5.76 Å². The van der Waals surface area contributed by atoms with Gasteiger partial charge < -0.3 is 4.42 Å². The molecule has 4 nitrogen and oxygen atoms in total. The van der Waals surface area contributed by atoms with Crippen LogP contribution in [0, 0.1) is 17.2 Å². The van der Waals surface area contributed by atoms with Gasteiger partial charge in [0.15, 0.2) is 0 Å². The SMILES string of the molecule is C[C@@H]1CN(Cc2ccccc2)CC[C@@H]1N(C)Cc1ccc(C#N)o1. The predicted octanol–water partition coefficient (Wildman–Crippen LogP) is 3.49. The van der Waals surface area contributed by atoms with Crippen LogP contribution in [-0.4, -0.2) is 36.0 Å². The van der Waals surface area contributed by atoms with Gasteiger partial charge in [-0.25, -0.2) is 0 Å². The molecule has 1 aliphatic heterocycles. The molecule has 3 rings (SSSR count). The second kappa shape index (κ2) is 7.65. The fraction of sp³-hybridized carbons (Fsp3) is 0.450. The van der Waals surface area contributed by atoms with E-state index in [1.807, 2.05) is 12.1 Å². The first-order chi connectivity index (χ1) is 11.7. The van der Waals surface area contributed by atoms with Crippen molar-refractivity contribution in [3.05, 3.63) is 59.5 Å². The van der Waals surface area contributed by atoms with E-state index in [1.165, 1.54) is 5.56 Å². The molecular weight excluding hydrogens is 298 g/mol. The highest BCUT2D eigenvalue weighted by molar-refractivity contribution is 5.19. The lowest BCUT2D eigenvalue weighted by Crippen LogP contribution is -2.48. The first-order valence-corrected chi connectivity index (χ1v) is 8.61. The lowest BCUT2D eigenvalue weighted by atomic mass is 9.92. The van der Waals surface area contributed by atoms with E-state index in [4.69, 9.17) is 9.68 Å². The Morgan fingerprint density at radius 1 is 1.25 bits per heavy atom. The Morgan fingerprint density at radius 3 is 2.71 bits per heavy atom. The van der Waals surface area contributed by atoms with Gasteiger partial charge in [-0.05, 0) is 43.6 Å². The number of nitriles is 1. The number of benzene rings is 1. The summed E-state index contributed by atoms with van der Waals surface area (Å²) in [5, 5.41) is 8.86. The van der Waals surface area contributed by atoms with E-state index < -0.39 is 0 Å². The second-order valence-corrected chi connectivity index (χ2v) is 6.85. The van der Waals surface area contributed by atoms with Crippen LogP contribution in [-0.2, 0) is 13.1 Å². The Bertz CT molecular complexity index is 688. The van der Waals surface area contributed by atoms with Gasteiger partial charge in [0, 0.05) is 19.1 Å². The molecule has 0 bridgehead atoms. The third-order valence-electron chi connectivity index (χ3n) is 4.94. The Labute approximate surface area is 144 Å². The minimum atomic E-state index is 0.393. The summed E-state index contributed by atoms with van der Waals surface area (Å²) in [6.07, 6.45) is 1.16. The van der Waals surface area contributed by atoms with Crippen molar-refractivity contribution in [3.63, 3.8) is 0 Å². The topological polar surface area (TPSA) is 43.4 Å². The lowest BCUT2D eigenvalue weighted by Gasteiger charge is -2.41. The van der Waals surface area contributed by atoms with E-state index in [1.54, 1.807) is 6.07 Å². The highest BCUT2D eigenvalue weighted by Crippen LogP contribution is 2.24. The molecule has 2 heterocycles. The van der Waals surface area contributed by atoms with Crippen LogP contribution < -0.4 is 0 Å². The van der Waals surface area contributed by atoms with Gasteiger partial charge in [0.1, 0.15) is 11.8 Å². The largest absolute Gasteiger partial charge is 0.449 e. The zero-order valence-electron chi connectivity index (χ0n) is 14.5. The molecule has 1 aliphatic rings. The van der Waals surface area contributed by atoms with Crippen molar-refractivity contribution in [2.75, 3.05) is 20.1 Å². The van der Waals surface area contributed by atoms with Gasteiger partial charge in [-0.3, -0.25) is 9.80 Å². The number of likely N-dealkylation sites (tertiary alicyclic amines) is 1. The molecule has 4 heteroatoms. The van der Waals surface area contributed by atoms with Crippen molar-refractivity contribution in [2.24, 2.45) is 5.92 Å². The monoisotopic (exact) mass is 323 g/mol. The van der Waals surface area contributed by atoms with E-state index in [-0.39, 0.29) is 0 Å². The van der Waals surface area contributed by atoms with Crippen molar-refractivity contribution in [1.82, 2.24) is 9.80 Å². The molecule has 1 saturated heterocycles. The van der Waals surface area contributed by atoms with E-state index >= 15 is 0 Å². The lowest BCUT2D eigenvalue weighted by molar-refractivity contribution is 0.0682. The molecule has 0 N–H and O–H groups in total. The molecule has 0 saturated carbocycles. The van der Waals surface area contributed by atoms with Crippen LogP contribution in [0.2, 0.25) is 0 Å². The van der Waals surface area contributed by atoms with Crippen molar-refractivity contribution < 1.29 is 4.42 Å². The molecule has 24 heavy (non-hydrogen) atoms. The van der Waals surface area contributed by atoms with Gasteiger partial charge in [0.25, 0.3) is 0 Å². The average Bonchev–Trinajstić information content (AvgIpc) is 3.03. The number of piperidine rings is 1. The third-order valence-corrected chi connectivity index (χ3v) is 4.94. The fourth-order valence-corrected chi connectivity index (χ4v) is 3.75. The molecule has 1 fully saturated rings. The van der Waals surface area contributed by atoms with E-state index in [9.17, 15) is 0 Å². The van der Waals surface area contributed by atoms with Crippen LogP contribution in [0.4, 0.5) is 0 Å². The quantitative estimate of drug-likeness (QED) is 0.845. The van der Waals surface area contributed by atoms with Crippen LogP contribution in [0.15, 0.2) is 46.9 Å². The normalized spacial score (nSPS) is 21.8. The Morgan fingerprint density at radius 2 is 2.04 bits per heavy atom. The molecule has 0 spiro atoms. The number of nitrogens with zero attached hydrogens (tertiary/aromatic N) is 3. The molecule has 0 radical (unpaired) electrons. The zero-order valence-corrected chi connectivity index (χ0v) is 14.5. The first-order valence-electron chi connectivity index (χ1n) is 8.61.